The molecule has 0 heterocycles. The van der Waals surface area contributed by atoms with E-state index in [1.807, 2.05) is 39.2 Å². The van der Waals surface area contributed by atoms with Crippen molar-refractivity contribution in [1.29, 1.82) is 0 Å². The lowest BCUT2D eigenvalue weighted by atomic mass is 10.1. The summed E-state index contributed by atoms with van der Waals surface area (Å²) in [5.74, 6) is -0.783. The lowest BCUT2D eigenvalue weighted by molar-refractivity contribution is -0.136. The number of rotatable bonds is 7. The predicted molar refractivity (Wildman–Crippen MR) is 79.2 cm³/mol. The Morgan fingerprint density at radius 1 is 1.26 bits per heavy atom. The molecule has 0 amide bonds. The molecule has 5 heteroatoms. The van der Waals surface area contributed by atoms with Crippen LogP contribution in [0.1, 0.15) is 12.0 Å². The normalized spacial score (nSPS) is 10.8. The average Bonchev–Trinajstić information content (AvgIpc) is 2.33. The summed E-state index contributed by atoms with van der Waals surface area (Å²) in [6.07, 6.45) is 0.124. The monoisotopic (exact) mass is 284 g/mol. The highest BCUT2D eigenvalue weighted by molar-refractivity contribution is 6.31. The molecule has 0 bridgehead atoms. The van der Waals surface area contributed by atoms with E-state index in [0.717, 1.165) is 24.3 Å². The average molecular weight is 285 g/mol. The SMILES string of the molecule is Cc1c(Cl)cccc1N(CCC(=O)O)CCN(C)C. The second kappa shape index (κ2) is 7.36. The largest absolute Gasteiger partial charge is 0.481 e. The third kappa shape index (κ3) is 5.09. The molecule has 19 heavy (non-hydrogen) atoms. The minimum absolute atomic E-state index is 0.124. The van der Waals surface area contributed by atoms with Crippen LogP contribution in [0.4, 0.5) is 5.69 Å². The van der Waals surface area contributed by atoms with Crippen LogP contribution >= 0.6 is 11.6 Å². The summed E-state index contributed by atoms with van der Waals surface area (Å²) >= 11 is 6.13. The predicted octanol–water partition coefficient (Wildman–Crippen LogP) is 2.49. The van der Waals surface area contributed by atoms with Crippen molar-refractivity contribution in [3.8, 4) is 0 Å². The molecule has 4 nitrogen and oxygen atoms in total. The van der Waals surface area contributed by atoms with Gasteiger partial charge in [0.25, 0.3) is 0 Å². The number of halogens is 1. The summed E-state index contributed by atoms with van der Waals surface area (Å²) in [6, 6.07) is 5.73. The number of nitrogens with zero attached hydrogens (tertiary/aromatic N) is 2. The molecule has 0 saturated carbocycles. The fourth-order valence-corrected chi connectivity index (χ4v) is 2.01. The van der Waals surface area contributed by atoms with Crippen LogP contribution in [-0.4, -0.2) is 49.7 Å². The van der Waals surface area contributed by atoms with Gasteiger partial charge < -0.3 is 14.9 Å². The Hall–Kier alpha value is -1.26. The van der Waals surface area contributed by atoms with Crippen LogP contribution in [0.5, 0.6) is 0 Å². The Bertz CT molecular complexity index is 435. The van der Waals surface area contributed by atoms with E-state index in [2.05, 4.69) is 9.80 Å². The highest BCUT2D eigenvalue weighted by Crippen LogP contribution is 2.26. The van der Waals surface area contributed by atoms with Crippen LogP contribution in [-0.2, 0) is 4.79 Å². The molecule has 0 saturated heterocycles. The summed E-state index contributed by atoms with van der Waals surface area (Å²) in [6.45, 7) is 4.10. The molecule has 0 aliphatic rings. The van der Waals surface area contributed by atoms with E-state index < -0.39 is 5.97 Å². The van der Waals surface area contributed by atoms with Crippen LogP contribution in [0, 0.1) is 6.92 Å². The number of anilines is 1. The van der Waals surface area contributed by atoms with Gasteiger partial charge in [-0.1, -0.05) is 17.7 Å². The fourth-order valence-electron chi connectivity index (χ4n) is 1.84. The Labute approximate surface area is 119 Å². The highest BCUT2D eigenvalue weighted by Gasteiger charge is 2.12. The molecular formula is C14H21ClN2O2. The molecular weight excluding hydrogens is 264 g/mol. The van der Waals surface area contributed by atoms with Gasteiger partial charge in [0.15, 0.2) is 0 Å². The number of hydrogen-bond acceptors (Lipinski definition) is 3. The van der Waals surface area contributed by atoms with Crippen molar-refractivity contribution in [2.75, 3.05) is 38.6 Å². The molecule has 0 radical (unpaired) electrons. The molecule has 0 aliphatic carbocycles. The smallest absolute Gasteiger partial charge is 0.305 e. The van der Waals surface area contributed by atoms with Gasteiger partial charge in [0.2, 0.25) is 0 Å². The van der Waals surface area contributed by atoms with Gasteiger partial charge in [-0.2, -0.15) is 0 Å². The van der Waals surface area contributed by atoms with Crippen molar-refractivity contribution < 1.29 is 9.90 Å². The second-order valence-electron chi connectivity index (χ2n) is 4.82. The molecule has 1 aromatic rings. The number of likely N-dealkylation sites (N-methyl/N-ethyl adjacent to an activating group) is 1. The minimum atomic E-state index is -0.783. The quantitative estimate of drug-likeness (QED) is 0.835. The molecule has 1 rings (SSSR count). The maximum Gasteiger partial charge on any atom is 0.305 e. The molecule has 1 aromatic carbocycles. The number of carboxylic acid groups (broad SMARTS) is 1. The van der Waals surface area contributed by atoms with Crippen molar-refractivity contribution in [3.63, 3.8) is 0 Å². The zero-order valence-corrected chi connectivity index (χ0v) is 12.4. The number of carbonyl (C=O) groups is 1. The van der Waals surface area contributed by atoms with E-state index in [0.29, 0.717) is 11.6 Å². The Kier molecular flexibility index (Phi) is 6.12. The van der Waals surface area contributed by atoms with Crippen molar-refractivity contribution in [1.82, 2.24) is 4.90 Å². The fraction of sp³-hybridized carbons (Fsp3) is 0.500. The topological polar surface area (TPSA) is 43.8 Å². The summed E-state index contributed by atoms with van der Waals surface area (Å²) in [5, 5.41) is 9.56. The Morgan fingerprint density at radius 3 is 2.53 bits per heavy atom. The van der Waals surface area contributed by atoms with Crippen molar-refractivity contribution in [3.05, 3.63) is 28.8 Å². The van der Waals surface area contributed by atoms with Gasteiger partial charge in [-0.15, -0.1) is 0 Å². The third-order valence-electron chi connectivity index (χ3n) is 2.99. The van der Waals surface area contributed by atoms with Gasteiger partial charge in [-0.05, 0) is 38.7 Å². The standard InChI is InChI=1S/C14H21ClN2O2/c1-11-12(15)5-4-6-13(11)17(8-7-14(18)19)10-9-16(2)3/h4-6H,7-10H2,1-3H3,(H,18,19). The molecule has 0 aliphatic heterocycles. The first-order valence-electron chi connectivity index (χ1n) is 6.28. The molecule has 0 spiro atoms. The van der Waals surface area contributed by atoms with Crippen LogP contribution in [0.15, 0.2) is 18.2 Å². The van der Waals surface area contributed by atoms with Gasteiger partial charge in [0, 0.05) is 30.3 Å². The van der Waals surface area contributed by atoms with E-state index >= 15 is 0 Å². The van der Waals surface area contributed by atoms with E-state index in [9.17, 15) is 4.79 Å². The highest BCUT2D eigenvalue weighted by atomic mass is 35.5. The van der Waals surface area contributed by atoms with E-state index in [4.69, 9.17) is 16.7 Å². The second-order valence-corrected chi connectivity index (χ2v) is 5.23. The third-order valence-corrected chi connectivity index (χ3v) is 3.40. The lowest BCUT2D eigenvalue weighted by Crippen LogP contribution is -2.33. The maximum atomic E-state index is 10.8. The molecule has 0 atom stereocenters. The van der Waals surface area contributed by atoms with Crippen molar-refractivity contribution in [2.45, 2.75) is 13.3 Å². The van der Waals surface area contributed by atoms with Gasteiger partial charge in [-0.25, -0.2) is 0 Å². The molecule has 0 unspecified atom stereocenters. The van der Waals surface area contributed by atoms with Crippen LogP contribution in [0.2, 0.25) is 5.02 Å². The number of carboxylic acids is 1. The Balaban J connectivity index is 2.87. The maximum absolute atomic E-state index is 10.8. The summed E-state index contributed by atoms with van der Waals surface area (Å²) in [5.41, 5.74) is 2.00. The number of hydrogen-bond donors (Lipinski definition) is 1. The summed E-state index contributed by atoms with van der Waals surface area (Å²) in [7, 11) is 4.00. The zero-order valence-electron chi connectivity index (χ0n) is 11.7. The minimum Gasteiger partial charge on any atom is -0.481 e. The first-order chi connectivity index (χ1) is 8.91. The summed E-state index contributed by atoms with van der Waals surface area (Å²) in [4.78, 5) is 14.9. The van der Waals surface area contributed by atoms with E-state index in [1.54, 1.807) is 0 Å². The van der Waals surface area contributed by atoms with Crippen molar-refractivity contribution >= 4 is 23.3 Å². The van der Waals surface area contributed by atoms with Gasteiger partial charge >= 0.3 is 5.97 Å². The lowest BCUT2D eigenvalue weighted by Gasteiger charge is -2.27. The first kappa shape index (κ1) is 15.8. The van der Waals surface area contributed by atoms with Gasteiger partial charge in [0.1, 0.15) is 0 Å². The van der Waals surface area contributed by atoms with Crippen LogP contribution in [0.3, 0.4) is 0 Å². The van der Waals surface area contributed by atoms with Crippen LogP contribution < -0.4 is 4.90 Å². The van der Waals surface area contributed by atoms with Crippen LogP contribution in [0.25, 0.3) is 0 Å². The number of benzene rings is 1. The molecule has 106 valence electrons. The number of aliphatic carboxylic acids is 1. The Morgan fingerprint density at radius 2 is 1.95 bits per heavy atom. The van der Waals surface area contributed by atoms with Crippen molar-refractivity contribution in [2.24, 2.45) is 0 Å². The van der Waals surface area contributed by atoms with Gasteiger partial charge in [0.05, 0.1) is 6.42 Å². The summed E-state index contributed by atoms with van der Waals surface area (Å²) < 4.78 is 0. The molecule has 0 aromatic heterocycles. The first-order valence-corrected chi connectivity index (χ1v) is 6.66. The zero-order chi connectivity index (χ0) is 14.4. The molecule has 0 fully saturated rings. The van der Waals surface area contributed by atoms with E-state index in [-0.39, 0.29) is 6.42 Å². The van der Waals surface area contributed by atoms with Gasteiger partial charge in [-0.3, -0.25) is 4.79 Å². The molecule has 1 N–H and O–H groups in total. The van der Waals surface area contributed by atoms with E-state index in [1.165, 1.54) is 0 Å².